The van der Waals surface area contributed by atoms with Crippen molar-refractivity contribution in [2.24, 2.45) is 0 Å². The molecule has 23 heavy (non-hydrogen) atoms. The van der Waals surface area contributed by atoms with E-state index < -0.39 is 0 Å². The van der Waals surface area contributed by atoms with E-state index in [1.54, 1.807) is 11.3 Å². The quantitative estimate of drug-likeness (QED) is 0.721. The summed E-state index contributed by atoms with van der Waals surface area (Å²) in [5.74, 6) is 1.58. The van der Waals surface area contributed by atoms with E-state index in [9.17, 15) is 0 Å². The van der Waals surface area contributed by atoms with Gasteiger partial charge in [-0.1, -0.05) is 18.2 Å². The normalized spacial score (nSPS) is 13.1. The zero-order valence-electron chi connectivity index (χ0n) is 12.9. The molecule has 0 unspecified atom stereocenters. The van der Waals surface area contributed by atoms with Crippen molar-refractivity contribution in [1.82, 2.24) is 4.98 Å². The molecule has 1 aliphatic rings. The molecule has 3 aromatic rings. The average Bonchev–Trinajstić information content (AvgIpc) is 3.16. The lowest BCUT2D eigenvalue weighted by Crippen LogP contribution is -2.08. The van der Waals surface area contributed by atoms with Gasteiger partial charge in [0.1, 0.15) is 5.01 Å². The molecule has 0 aliphatic carbocycles. The summed E-state index contributed by atoms with van der Waals surface area (Å²) < 4.78 is 11.9. The van der Waals surface area contributed by atoms with E-state index in [0.29, 0.717) is 6.79 Å². The highest BCUT2D eigenvalue weighted by molar-refractivity contribution is 7.19. The minimum absolute atomic E-state index is 0.293. The standard InChI is InChI=1S/C18H16N2O2S/c1-20(2)13-5-3-4-12(8-13)6-7-18-19-14-9-15-16(22-11-21-15)10-17(14)23-18/h3-10H,11H2,1-2H3/b7-6+. The minimum atomic E-state index is 0.293. The maximum Gasteiger partial charge on any atom is 0.231 e. The Morgan fingerprint density at radius 2 is 1.91 bits per heavy atom. The second-order valence-corrected chi connectivity index (χ2v) is 6.61. The van der Waals surface area contributed by atoms with Gasteiger partial charge in [-0.2, -0.15) is 0 Å². The van der Waals surface area contributed by atoms with Crippen LogP contribution in [0.3, 0.4) is 0 Å². The molecular formula is C18H16N2O2S. The summed E-state index contributed by atoms with van der Waals surface area (Å²) >= 11 is 1.65. The maximum atomic E-state index is 5.41. The van der Waals surface area contributed by atoms with E-state index in [0.717, 1.165) is 32.3 Å². The van der Waals surface area contributed by atoms with Crippen LogP contribution in [0.2, 0.25) is 0 Å². The van der Waals surface area contributed by atoms with Gasteiger partial charge in [-0.15, -0.1) is 11.3 Å². The van der Waals surface area contributed by atoms with Crippen LogP contribution < -0.4 is 14.4 Å². The second kappa shape index (κ2) is 5.59. The molecule has 4 rings (SSSR count). The molecule has 0 spiro atoms. The molecule has 116 valence electrons. The van der Waals surface area contributed by atoms with Crippen LogP contribution in [0.15, 0.2) is 36.4 Å². The lowest BCUT2D eigenvalue weighted by atomic mass is 10.2. The highest BCUT2D eigenvalue weighted by atomic mass is 32.1. The lowest BCUT2D eigenvalue weighted by molar-refractivity contribution is 0.174. The molecule has 0 bridgehead atoms. The number of hydrogen-bond donors (Lipinski definition) is 0. The van der Waals surface area contributed by atoms with E-state index in [2.05, 4.69) is 40.2 Å². The van der Waals surface area contributed by atoms with Gasteiger partial charge in [-0.3, -0.25) is 0 Å². The van der Waals surface area contributed by atoms with Crippen molar-refractivity contribution in [3.8, 4) is 11.5 Å². The molecule has 0 fully saturated rings. The molecule has 4 nitrogen and oxygen atoms in total. The Kier molecular flexibility index (Phi) is 3.42. The van der Waals surface area contributed by atoms with Crippen molar-refractivity contribution in [3.05, 3.63) is 47.0 Å². The van der Waals surface area contributed by atoms with Gasteiger partial charge in [-0.05, 0) is 23.8 Å². The molecule has 5 heteroatoms. The number of fused-ring (bicyclic) bond motifs is 2. The number of aromatic nitrogens is 1. The van der Waals surface area contributed by atoms with Crippen LogP contribution >= 0.6 is 11.3 Å². The minimum Gasteiger partial charge on any atom is -0.454 e. The lowest BCUT2D eigenvalue weighted by Gasteiger charge is -2.12. The van der Waals surface area contributed by atoms with Gasteiger partial charge >= 0.3 is 0 Å². The van der Waals surface area contributed by atoms with Gasteiger partial charge in [0.15, 0.2) is 11.5 Å². The molecule has 0 amide bonds. The summed E-state index contributed by atoms with van der Waals surface area (Å²) in [6, 6.07) is 12.3. The fraction of sp³-hybridized carbons (Fsp3) is 0.167. The Morgan fingerprint density at radius 1 is 1.09 bits per heavy atom. The van der Waals surface area contributed by atoms with Crippen molar-refractivity contribution in [3.63, 3.8) is 0 Å². The third kappa shape index (κ3) is 2.75. The summed E-state index contributed by atoms with van der Waals surface area (Å²) in [5.41, 5.74) is 3.28. The predicted octanol–water partition coefficient (Wildman–Crippen LogP) is 4.26. The molecule has 0 radical (unpaired) electrons. The van der Waals surface area contributed by atoms with Crippen LogP contribution in [0.25, 0.3) is 22.4 Å². The number of ether oxygens (including phenoxy) is 2. The first kappa shape index (κ1) is 14.1. The molecule has 0 saturated carbocycles. The average molecular weight is 324 g/mol. The Balaban J connectivity index is 1.63. The highest BCUT2D eigenvalue weighted by Gasteiger charge is 2.15. The SMILES string of the molecule is CN(C)c1cccc(/C=C/c2nc3cc4c(cc3s2)OCO4)c1. The Bertz CT molecular complexity index is 858. The first-order valence-corrected chi connectivity index (χ1v) is 8.16. The van der Waals surface area contributed by atoms with Crippen LogP contribution in [0.4, 0.5) is 5.69 Å². The van der Waals surface area contributed by atoms with Gasteiger partial charge in [0, 0.05) is 31.9 Å². The summed E-state index contributed by atoms with van der Waals surface area (Å²) in [7, 11) is 4.08. The summed E-state index contributed by atoms with van der Waals surface area (Å²) in [5, 5.41) is 0.971. The predicted molar refractivity (Wildman–Crippen MR) is 95.4 cm³/mol. The molecule has 2 aromatic carbocycles. The van der Waals surface area contributed by atoms with E-state index in [4.69, 9.17) is 9.47 Å². The molecule has 0 atom stereocenters. The van der Waals surface area contributed by atoms with Crippen molar-refractivity contribution in [2.75, 3.05) is 25.8 Å². The molecule has 1 aliphatic heterocycles. The second-order valence-electron chi connectivity index (χ2n) is 5.55. The van der Waals surface area contributed by atoms with Gasteiger partial charge in [-0.25, -0.2) is 4.98 Å². The maximum absolute atomic E-state index is 5.41. The van der Waals surface area contributed by atoms with Crippen molar-refractivity contribution >= 4 is 39.4 Å². The Morgan fingerprint density at radius 3 is 2.74 bits per heavy atom. The number of rotatable bonds is 3. The third-order valence-electron chi connectivity index (χ3n) is 3.70. The first-order chi connectivity index (χ1) is 11.2. The monoisotopic (exact) mass is 324 g/mol. The Labute approximate surface area is 138 Å². The first-order valence-electron chi connectivity index (χ1n) is 7.35. The largest absolute Gasteiger partial charge is 0.454 e. The summed E-state index contributed by atoms with van der Waals surface area (Å²) in [6.07, 6.45) is 4.14. The fourth-order valence-corrected chi connectivity index (χ4v) is 3.36. The molecule has 1 aromatic heterocycles. The van der Waals surface area contributed by atoms with Crippen LogP contribution in [0.1, 0.15) is 10.6 Å². The number of nitrogens with zero attached hydrogens (tertiary/aromatic N) is 2. The van der Waals surface area contributed by atoms with Crippen molar-refractivity contribution < 1.29 is 9.47 Å². The van der Waals surface area contributed by atoms with Crippen LogP contribution in [-0.2, 0) is 0 Å². The zero-order chi connectivity index (χ0) is 15.8. The molecular weight excluding hydrogens is 308 g/mol. The van der Waals surface area contributed by atoms with Crippen LogP contribution in [0.5, 0.6) is 11.5 Å². The third-order valence-corrected chi connectivity index (χ3v) is 4.69. The van der Waals surface area contributed by atoms with E-state index in [-0.39, 0.29) is 0 Å². The Hall–Kier alpha value is -2.53. The van der Waals surface area contributed by atoms with Crippen LogP contribution in [-0.4, -0.2) is 25.9 Å². The van der Waals surface area contributed by atoms with Gasteiger partial charge in [0.25, 0.3) is 0 Å². The number of benzene rings is 2. The molecule has 0 saturated heterocycles. The highest BCUT2D eigenvalue weighted by Crippen LogP contribution is 2.38. The molecule has 2 heterocycles. The topological polar surface area (TPSA) is 34.6 Å². The summed E-state index contributed by atoms with van der Waals surface area (Å²) in [4.78, 5) is 6.74. The van der Waals surface area contributed by atoms with E-state index in [1.807, 2.05) is 32.3 Å². The van der Waals surface area contributed by atoms with E-state index in [1.165, 1.54) is 5.69 Å². The van der Waals surface area contributed by atoms with Gasteiger partial charge in [0.05, 0.1) is 10.2 Å². The number of thiazole rings is 1. The number of hydrogen-bond acceptors (Lipinski definition) is 5. The van der Waals surface area contributed by atoms with Crippen LogP contribution in [0, 0.1) is 0 Å². The fourth-order valence-electron chi connectivity index (χ4n) is 2.48. The van der Waals surface area contributed by atoms with Gasteiger partial charge < -0.3 is 14.4 Å². The zero-order valence-corrected chi connectivity index (χ0v) is 13.8. The van der Waals surface area contributed by atoms with Gasteiger partial charge in [0.2, 0.25) is 6.79 Å². The molecule has 0 N–H and O–H groups in total. The smallest absolute Gasteiger partial charge is 0.231 e. The van der Waals surface area contributed by atoms with E-state index >= 15 is 0 Å². The number of anilines is 1. The van der Waals surface area contributed by atoms with Crippen molar-refractivity contribution in [1.29, 1.82) is 0 Å². The van der Waals surface area contributed by atoms with Crippen molar-refractivity contribution in [2.45, 2.75) is 0 Å². The summed E-state index contributed by atoms with van der Waals surface area (Å²) in [6.45, 7) is 0.293.